The van der Waals surface area contributed by atoms with Crippen molar-refractivity contribution in [3.8, 4) is 0 Å². The molecular formula is C12H20BrNO2. The maximum Gasteiger partial charge on any atom is 0.243 e. The number of rotatable bonds is 3. The van der Waals surface area contributed by atoms with Crippen LogP contribution >= 0.6 is 15.9 Å². The van der Waals surface area contributed by atoms with Crippen molar-refractivity contribution >= 4 is 27.7 Å². The second kappa shape index (κ2) is 5.30. The van der Waals surface area contributed by atoms with Gasteiger partial charge in [-0.3, -0.25) is 14.5 Å². The van der Waals surface area contributed by atoms with Crippen molar-refractivity contribution in [2.24, 2.45) is 17.8 Å². The van der Waals surface area contributed by atoms with Gasteiger partial charge < -0.3 is 0 Å². The van der Waals surface area contributed by atoms with Gasteiger partial charge in [0.1, 0.15) is 0 Å². The SMILES string of the molecule is CC(C)C1CC(=O)N(C(=O)C(Br)C(C)C)C1. The molecule has 0 aromatic rings. The Kier molecular flexibility index (Phi) is 4.53. The van der Waals surface area contributed by atoms with Crippen molar-refractivity contribution in [1.29, 1.82) is 0 Å². The molecular weight excluding hydrogens is 270 g/mol. The lowest BCUT2D eigenvalue weighted by Crippen LogP contribution is -2.39. The molecule has 2 unspecified atom stereocenters. The summed E-state index contributed by atoms with van der Waals surface area (Å²) in [5.74, 6) is 0.883. The topological polar surface area (TPSA) is 37.4 Å². The Balaban J connectivity index is 2.68. The first-order chi connectivity index (χ1) is 7.34. The van der Waals surface area contributed by atoms with Crippen LogP contribution in [0.15, 0.2) is 0 Å². The fourth-order valence-electron chi connectivity index (χ4n) is 1.83. The third-order valence-electron chi connectivity index (χ3n) is 3.19. The summed E-state index contributed by atoms with van der Waals surface area (Å²) in [6, 6.07) is 0. The van der Waals surface area contributed by atoms with Crippen LogP contribution in [0, 0.1) is 17.8 Å². The number of nitrogens with zero attached hydrogens (tertiary/aromatic N) is 1. The number of alkyl halides is 1. The molecule has 0 radical (unpaired) electrons. The number of carbonyl (C=O) groups is 2. The highest BCUT2D eigenvalue weighted by Crippen LogP contribution is 2.27. The molecule has 0 bridgehead atoms. The van der Waals surface area contributed by atoms with Crippen molar-refractivity contribution in [1.82, 2.24) is 4.90 Å². The molecule has 1 rings (SSSR count). The molecule has 1 aliphatic rings. The molecule has 2 atom stereocenters. The Morgan fingerprint density at radius 2 is 1.94 bits per heavy atom. The van der Waals surface area contributed by atoms with Gasteiger partial charge in [0.25, 0.3) is 0 Å². The van der Waals surface area contributed by atoms with Crippen molar-refractivity contribution < 1.29 is 9.59 Å². The van der Waals surface area contributed by atoms with Crippen LogP contribution in [0.3, 0.4) is 0 Å². The van der Waals surface area contributed by atoms with Gasteiger partial charge in [0.05, 0.1) is 4.83 Å². The fourth-order valence-corrected chi connectivity index (χ4v) is 2.08. The summed E-state index contributed by atoms with van der Waals surface area (Å²) in [5, 5.41) is 0. The molecule has 16 heavy (non-hydrogen) atoms. The summed E-state index contributed by atoms with van der Waals surface area (Å²) in [4.78, 5) is 24.9. The predicted octanol–water partition coefficient (Wildman–Crippen LogP) is 2.44. The van der Waals surface area contributed by atoms with E-state index < -0.39 is 0 Å². The largest absolute Gasteiger partial charge is 0.281 e. The second-order valence-corrected chi connectivity index (χ2v) is 6.18. The van der Waals surface area contributed by atoms with E-state index in [0.29, 0.717) is 24.8 Å². The van der Waals surface area contributed by atoms with Crippen LogP contribution < -0.4 is 0 Å². The Labute approximate surface area is 106 Å². The molecule has 0 aliphatic carbocycles. The number of hydrogen-bond acceptors (Lipinski definition) is 2. The van der Waals surface area contributed by atoms with Crippen LogP contribution in [0.5, 0.6) is 0 Å². The zero-order chi connectivity index (χ0) is 12.5. The summed E-state index contributed by atoms with van der Waals surface area (Å²) < 4.78 is 0. The van der Waals surface area contributed by atoms with Gasteiger partial charge in [0.15, 0.2) is 0 Å². The number of hydrogen-bond donors (Lipinski definition) is 0. The van der Waals surface area contributed by atoms with Crippen molar-refractivity contribution in [2.45, 2.75) is 38.9 Å². The highest BCUT2D eigenvalue weighted by molar-refractivity contribution is 9.10. The number of amides is 2. The minimum atomic E-state index is -0.248. The molecule has 0 N–H and O–H groups in total. The van der Waals surface area contributed by atoms with Gasteiger partial charge in [-0.1, -0.05) is 43.6 Å². The highest BCUT2D eigenvalue weighted by Gasteiger charge is 2.37. The van der Waals surface area contributed by atoms with Crippen LogP contribution in [-0.4, -0.2) is 28.1 Å². The van der Waals surface area contributed by atoms with Gasteiger partial charge in [-0.15, -0.1) is 0 Å². The van der Waals surface area contributed by atoms with Crippen molar-refractivity contribution in [3.05, 3.63) is 0 Å². The summed E-state index contributed by atoms with van der Waals surface area (Å²) >= 11 is 3.36. The summed E-state index contributed by atoms with van der Waals surface area (Å²) in [6.07, 6.45) is 0.515. The molecule has 1 saturated heterocycles. The summed E-state index contributed by atoms with van der Waals surface area (Å²) in [6.45, 7) is 8.72. The monoisotopic (exact) mass is 289 g/mol. The first-order valence-corrected chi connectivity index (χ1v) is 6.74. The second-order valence-electron chi connectivity index (χ2n) is 5.20. The molecule has 2 amide bonds. The Morgan fingerprint density at radius 1 is 1.38 bits per heavy atom. The number of halogens is 1. The number of imide groups is 1. The lowest BCUT2D eigenvalue weighted by molar-refractivity contribution is -0.141. The highest BCUT2D eigenvalue weighted by atomic mass is 79.9. The van der Waals surface area contributed by atoms with Crippen LogP contribution in [0.4, 0.5) is 0 Å². The maximum atomic E-state index is 12.0. The lowest BCUT2D eigenvalue weighted by atomic mass is 9.95. The smallest absolute Gasteiger partial charge is 0.243 e. The summed E-state index contributed by atoms with van der Waals surface area (Å²) in [7, 11) is 0. The average molecular weight is 290 g/mol. The van der Waals surface area contributed by atoms with Gasteiger partial charge in [0, 0.05) is 13.0 Å². The van der Waals surface area contributed by atoms with Gasteiger partial charge in [-0.05, 0) is 17.8 Å². The number of carbonyl (C=O) groups excluding carboxylic acids is 2. The minimum Gasteiger partial charge on any atom is -0.281 e. The van der Waals surface area contributed by atoms with Crippen LogP contribution in [0.25, 0.3) is 0 Å². The third kappa shape index (κ3) is 2.84. The maximum absolute atomic E-state index is 12.0. The predicted molar refractivity (Wildman–Crippen MR) is 67.2 cm³/mol. The Morgan fingerprint density at radius 3 is 2.31 bits per heavy atom. The van der Waals surface area contributed by atoms with E-state index in [0.717, 1.165) is 0 Å². The van der Waals surface area contributed by atoms with E-state index in [-0.39, 0.29) is 22.6 Å². The normalized spacial score (nSPS) is 23.3. The fraction of sp³-hybridized carbons (Fsp3) is 0.833. The van der Waals surface area contributed by atoms with Gasteiger partial charge >= 0.3 is 0 Å². The van der Waals surface area contributed by atoms with E-state index in [2.05, 4.69) is 29.8 Å². The zero-order valence-electron chi connectivity index (χ0n) is 10.4. The van der Waals surface area contributed by atoms with Gasteiger partial charge in [-0.25, -0.2) is 0 Å². The molecule has 0 aromatic carbocycles. The molecule has 0 aromatic heterocycles. The van der Waals surface area contributed by atoms with E-state index in [1.807, 2.05) is 13.8 Å². The minimum absolute atomic E-state index is 0.0196. The molecule has 0 saturated carbocycles. The lowest BCUT2D eigenvalue weighted by Gasteiger charge is -2.21. The molecule has 3 nitrogen and oxygen atoms in total. The molecule has 0 spiro atoms. The van der Waals surface area contributed by atoms with E-state index >= 15 is 0 Å². The third-order valence-corrected chi connectivity index (χ3v) is 4.63. The van der Waals surface area contributed by atoms with E-state index in [4.69, 9.17) is 0 Å². The van der Waals surface area contributed by atoms with Gasteiger partial charge in [-0.2, -0.15) is 0 Å². The van der Waals surface area contributed by atoms with Crippen molar-refractivity contribution in [2.75, 3.05) is 6.54 Å². The molecule has 4 heteroatoms. The molecule has 1 heterocycles. The zero-order valence-corrected chi connectivity index (χ0v) is 12.0. The van der Waals surface area contributed by atoms with Crippen molar-refractivity contribution in [3.63, 3.8) is 0 Å². The Hall–Kier alpha value is -0.380. The Bertz CT molecular complexity index is 289. The first kappa shape index (κ1) is 13.7. The molecule has 1 aliphatic heterocycles. The quantitative estimate of drug-likeness (QED) is 0.749. The van der Waals surface area contributed by atoms with Crippen LogP contribution in [0.1, 0.15) is 34.1 Å². The molecule has 1 fully saturated rings. The molecule has 92 valence electrons. The van der Waals surface area contributed by atoms with Crippen LogP contribution in [-0.2, 0) is 9.59 Å². The average Bonchev–Trinajstić information content (AvgIpc) is 2.58. The first-order valence-electron chi connectivity index (χ1n) is 5.82. The standard InChI is InChI=1S/C12H20BrNO2/c1-7(2)9-5-10(15)14(6-9)12(16)11(13)8(3)4/h7-9,11H,5-6H2,1-4H3. The number of likely N-dealkylation sites (tertiary alicyclic amines) is 1. The van der Waals surface area contributed by atoms with E-state index in [1.165, 1.54) is 4.90 Å². The summed E-state index contributed by atoms with van der Waals surface area (Å²) in [5.41, 5.74) is 0. The van der Waals surface area contributed by atoms with Gasteiger partial charge in [0.2, 0.25) is 11.8 Å². The van der Waals surface area contributed by atoms with Crippen LogP contribution in [0.2, 0.25) is 0 Å². The van der Waals surface area contributed by atoms with E-state index in [9.17, 15) is 9.59 Å². The van der Waals surface area contributed by atoms with E-state index in [1.54, 1.807) is 0 Å².